The average Bonchev–Trinajstić information content (AvgIpc) is 3.02. The number of fused-ring (bicyclic) bond motifs is 2. The Bertz CT molecular complexity index is 1340. The molecule has 8 nitrogen and oxygen atoms in total. The van der Waals surface area contributed by atoms with Crippen LogP contribution in [0.15, 0.2) is 39.5 Å². The number of hydrogen-bond acceptors (Lipinski definition) is 7. The summed E-state index contributed by atoms with van der Waals surface area (Å²) in [4.78, 5) is 30.4. The molecule has 1 aliphatic heterocycles. The van der Waals surface area contributed by atoms with Crippen LogP contribution in [0.3, 0.4) is 0 Å². The predicted octanol–water partition coefficient (Wildman–Crippen LogP) is 3.72. The van der Waals surface area contributed by atoms with E-state index in [1.165, 1.54) is 31.3 Å². The van der Waals surface area contributed by atoms with Crippen molar-refractivity contribution < 1.29 is 23.8 Å². The lowest BCUT2D eigenvalue weighted by atomic mass is 9.93. The van der Waals surface area contributed by atoms with E-state index < -0.39 is 17.1 Å². The summed E-state index contributed by atoms with van der Waals surface area (Å²) in [6.45, 7) is 0.833. The van der Waals surface area contributed by atoms with E-state index in [-0.39, 0.29) is 44.4 Å². The Kier molecular flexibility index (Phi) is 6.52. The lowest BCUT2D eigenvalue weighted by Crippen LogP contribution is -2.47. The van der Waals surface area contributed by atoms with Gasteiger partial charge in [-0.15, -0.1) is 0 Å². The Morgan fingerprint density at radius 1 is 1.06 bits per heavy atom. The number of halogens is 2. The van der Waals surface area contributed by atoms with Gasteiger partial charge in [0.25, 0.3) is 5.91 Å². The molecule has 2 aromatic carbocycles. The predicted molar refractivity (Wildman–Crippen MR) is 129 cm³/mol. The number of benzene rings is 2. The van der Waals surface area contributed by atoms with Crippen LogP contribution in [0.4, 0.5) is 0 Å². The van der Waals surface area contributed by atoms with E-state index in [9.17, 15) is 14.7 Å². The van der Waals surface area contributed by atoms with Crippen molar-refractivity contribution in [2.45, 2.75) is 12.1 Å². The molecule has 0 bridgehead atoms. The van der Waals surface area contributed by atoms with Crippen molar-refractivity contribution in [1.29, 1.82) is 0 Å². The topological polar surface area (TPSA) is 92.5 Å². The molecule has 0 radical (unpaired) electrons. The summed E-state index contributed by atoms with van der Waals surface area (Å²) >= 11 is 12.2. The zero-order chi connectivity index (χ0) is 24.8. The molecule has 1 amide bonds. The van der Waals surface area contributed by atoms with E-state index >= 15 is 0 Å². The van der Waals surface area contributed by atoms with Gasteiger partial charge in [0.2, 0.25) is 16.9 Å². The van der Waals surface area contributed by atoms with Gasteiger partial charge in [-0.25, -0.2) is 0 Å². The van der Waals surface area contributed by atoms with Crippen molar-refractivity contribution in [2.75, 3.05) is 41.4 Å². The number of amides is 1. The maximum atomic E-state index is 13.7. The molecule has 34 heavy (non-hydrogen) atoms. The van der Waals surface area contributed by atoms with Gasteiger partial charge < -0.3 is 23.9 Å². The minimum absolute atomic E-state index is 0.106. The molecule has 1 unspecified atom stereocenters. The highest BCUT2D eigenvalue weighted by atomic mass is 35.5. The molecule has 10 heteroatoms. The normalized spacial score (nSPS) is 17.5. The number of carbonyl (C=O) groups excluding carboxylic acids is 1. The largest absolute Gasteiger partial charge is 0.493 e. The monoisotopic (exact) mass is 506 g/mol. The molecule has 1 N–H and O–H groups in total. The second kappa shape index (κ2) is 9.11. The van der Waals surface area contributed by atoms with Gasteiger partial charge in [-0.3, -0.25) is 14.5 Å². The fourth-order valence-electron chi connectivity index (χ4n) is 4.22. The van der Waals surface area contributed by atoms with Gasteiger partial charge in [0.05, 0.1) is 29.7 Å². The number of carbonyl (C=O) groups is 1. The van der Waals surface area contributed by atoms with Crippen LogP contribution in [0, 0.1) is 0 Å². The highest BCUT2D eigenvalue weighted by Gasteiger charge is 2.54. The molecular formula is C24H24Cl2N2O6. The van der Waals surface area contributed by atoms with Gasteiger partial charge in [-0.2, -0.15) is 0 Å². The third-order valence-electron chi connectivity index (χ3n) is 5.89. The first-order valence-electron chi connectivity index (χ1n) is 10.5. The molecule has 3 aromatic rings. The Labute approximate surface area is 206 Å². The summed E-state index contributed by atoms with van der Waals surface area (Å²) < 4.78 is 16.5. The first-order valence-corrected chi connectivity index (χ1v) is 11.3. The first kappa shape index (κ1) is 24.3. The van der Waals surface area contributed by atoms with Crippen LogP contribution < -0.4 is 14.9 Å². The smallest absolute Gasteiger partial charge is 0.293 e. The highest BCUT2D eigenvalue weighted by Crippen LogP contribution is 2.44. The van der Waals surface area contributed by atoms with Crippen molar-refractivity contribution in [3.63, 3.8) is 0 Å². The lowest BCUT2D eigenvalue weighted by Gasteiger charge is -2.34. The van der Waals surface area contributed by atoms with Gasteiger partial charge >= 0.3 is 0 Å². The quantitative estimate of drug-likeness (QED) is 0.521. The molecular weight excluding hydrogens is 483 g/mol. The van der Waals surface area contributed by atoms with Gasteiger partial charge in [-0.05, 0) is 51.3 Å². The summed E-state index contributed by atoms with van der Waals surface area (Å²) in [5.74, 6) is -0.0674. The van der Waals surface area contributed by atoms with Crippen molar-refractivity contribution in [2.24, 2.45) is 0 Å². The van der Waals surface area contributed by atoms with Gasteiger partial charge in [0.15, 0.2) is 11.5 Å². The van der Waals surface area contributed by atoms with E-state index in [0.717, 1.165) is 0 Å². The first-order chi connectivity index (χ1) is 16.1. The molecule has 0 aliphatic carbocycles. The molecule has 0 fully saturated rings. The fraction of sp³-hybridized carbons (Fsp3) is 0.333. The van der Waals surface area contributed by atoms with Crippen LogP contribution in [0.1, 0.15) is 28.1 Å². The van der Waals surface area contributed by atoms with Crippen LogP contribution in [-0.4, -0.2) is 62.2 Å². The standard InChI is InChI=1S/C24H24Cl2N2O6/c1-27(2)8-5-9-28-23(30)22-20(21(29)14-11-15(25)16(26)12-18(14)34-22)24(28,31)13-6-7-17(32-3)19(10-13)33-4/h6-7,10-12,31H,5,8-9H2,1-4H3. The fourth-order valence-corrected chi connectivity index (χ4v) is 4.54. The van der Waals surface area contributed by atoms with Crippen LogP contribution in [0.5, 0.6) is 11.5 Å². The maximum absolute atomic E-state index is 13.7. The van der Waals surface area contributed by atoms with Gasteiger partial charge in [0, 0.05) is 18.2 Å². The number of methoxy groups -OCH3 is 2. The average molecular weight is 507 g/mol. The highest BCUT2D eigenvalue weighted by molar-refractivity contribution is 6.42. The number of ether oxygens (including phenoxy) is 2. The maximum Gasteiger partial charge on any atom is 0.293 e. The lowest BCUT2D eigenvalue weighted by molar-refractivity contribution is -0.0514. The molecule has 0 saturated carbocycles. The summed E-state index contributed by atoms with van der Waals surface area (Å²) in [5, 5.41) is 12.6. The molecule has 4 rings (SSSR count). The van der Waals surface area contributed by atoms with E-state index in [1.54, 1.807) is 18.2 Å². The third-order valence-corrected chi connectivity index (χ3v) is 6.61. The molecule has 0 spiro atoms. The van der Waals surface area contributed by atoms with Gasteiger partial charge in [0.1, 0.15) is 11.1 Å². The molecule has 2 heterocycles. The number of rotatable bonds is 7. The summed E-state index contributed by atoms with van der Waals surface area (Å²) in [7, 11) is 6.77. The van der Waals surface area contributed by atoms with Crippen molar-refractivity contribution in [3.8, 4) is 11.5 Å². The molecule has 1 aliphatic rings. The van der Waals surface area contributed by atoms with Crippen molar-refractivity contribution in [3.05, 3.63) is 67.5 Å². The van der Waals surface area contributed by atoms with Crippen molar-refractivity contribution >= 4 is 40.1 Å². The zero-order valence-corrected chi connectivity index (χ0v) is 20.7. The molecule has 1 atom stereocenters. The van der Waals surface area contributed by atoms with Gasteiger partial charge in [-0.1, -0.05) is 23.2 Å². The third kappa shape index (κ3) is 3.80. The van der Waals surface area contributed by atoms with Crippen LogP contribution in [0.25, 0.3) is 11.0 Å². The summed E-state index contributed by atoms with van der Waals surface area (Å²) in [5.41, 5.74) is -2.49. The van der Waals surface area contributed by atoms with E-state index in [0.29, 0.717) is 24.5 Å². The Balaban J connectivity index is 1.99. The van der Waals surface area contributed by atoms with Crippen LogP contribution in [-0.2, 0) is 5.72 Å². The molecule has 180 valence electrons. The second-order valence-corrected chi connectivity index (χ2v) is 9.07. The summed E-state index contributed by atoms with van der Waals surface area (Å²) in [6, 6.07) is 7.49. The Hall–Kier alpha value is -2.78. The number of aliphatic hydroxyl groups is 1. The SMILES string of the molecule is COc1ccc(C2(O)c3c(oc4cc(Cl)c(Cl)cc4c3=O)C(=O)N2CCCN(C)C)cc1OC. The van der Waals surface area contributed by atoms with E-state index in [1.807, 2.05) is 19.0 Å². The number of nitrogens with zero attached hydrogens (tertiary/aromatic N) is 2. The number of hydrogen-bond donors (Lipinski definition) is 1. The van der Waals surface area contributed by atoms with Crippen LogP contribution >= 0.6 is 23.2 Å². The molecule has 1 aromatic heterocycles. The minimum atomic E-state index is -2.10. The van der Waals surface area contributed by atoms with Crippen molar-refractivity contribution in [1.82, 2.24) is 9.80 Å². The second-order valence-electron chi connectivity index (χ2n) is 8.25. The molecule has 0 saturated heterocycles. The van der Waals surface area contributed by atoms with Crippen LogP contribution in [0.2, 0.25) is 10.0 Å². The van der Waals surface area contributed by atoms with E-state index in [2.05, 4.69) is 0 Å². The Morgan fingerprint density at radius 3 is 2.38 bits per heavy atom. The Morgan fingerprint density at radius 2 is 1.74 bits per heavy atom. The van der Waals surface area contributed by atoms with E-state index in [4.69, 9.17) is 37.1 Å². The summed E-state index contributed by atoms with van der Waals surface area (Å²) in [6.07, 6.45) is 0.549. The zero-order valence-electron chi connectivity index (χ0n) is 19.1. The minimum Gasteiger partial charge on any atom is -0.493 e.